The van der Waals surface area contributed by atoms with Crippen LogP contribution in [0.5, 0.6) is 23.0 Å². The molecular formula is C32H28N2O6Y-2. The van der Waals surface area contributed by atoms with E-state index in [9.17, 15) is 9.59 Å². The Hall–Kier alpha value is -4.14. The summed E-state index contributed by atoms with van der Waals surface area (Å²) in [6.07, 6.45) is 3.70. The predicted octanol–water partition coefficient (Wildman–Crippen LogP) is 7.24. The summed E-state index contributed by atoms with van der Waals surface area (Å²) < 4.78 is 23.4. The van der Waals surface area contributed by atoms with Crippen LogP contribution in [-0.2, 0) is 45.9 Å². The molecule has 2 amide bonds. The maximum atomic E-state index is 11.5. The van der Waals surface area contributed by atoms with Gasteiger partial charge >= 0.3 is 0 Å². The number of ether oxygens (including phenoxy) is 4. The van der Waals surface area contributed by atoms with Crippen molar-refractivity contribution in [1.82, 2.24) is 0 Å². The third-order valence-corrected chi connectivity index (χ3v) is 5.81. The Labute approximate surface area is 264 Å². The van der Waals surface area contributed by atoms with Gasteiger partial charge in [0.05, 0.1) is 11.8 Å². The van der Waals surface area contributed by atoms with E-state index in [4.69, 9.17) is 30.4 Å². The first kappa shape index (κ1) is 31.4. The summed E-state index contributed by atoms with van der Waals surface area (Å²) in [6, 6.07) is 28.3. The third kappa shape index (κ3) is 9.20. The molecule has 0 spiro atoms. The standard InChI is InChI=1S/C32H30N2O6.Y/c33-31(35)25-13-3-7-17-29(25)39-21-23-11-1-5-15-27(23)37-19-9-10-20-38-28-16-6-2-12-24(28)22-40-30-18-8-4-14-26(30)32(34)36;/h1-18H,19-22H2,(H4,33,34,35,36);/p-2/b10-9-;. The number of nitrogens with one attached hydrogen (secondary N) is 2. The fourth-order valence-electron chi connectivity index (χ4n) is 3.81. The van der Waals surface area contributed by atoms with Crippen molar-refractivity contribution < 1.29 is 61.2 Å². The molecule has 0 aliphatic rings. The normalized spacial score (nSPS) is 10.4. The number of rotatable bonds is 14. The molecule has 0 atom stereocenters. The molecule has 0 unspecified atom stereocenters. The minimum atomic E-state index is -0.798. The van der Waals surface area contributed by atoms with Gasteiger partial charge in [-0.15, -0.1) is 0 Å². The van der Waals surface area contributed by atoms with Crippen LogP contribution in [0.25, 0.3) is 11.5 Å². The number of carbonyl (C=O) groups excluding carboxylic acids is 2. The van der Waals surface area contributed by atoms with Crippen molar-refractivity contribution in [3.8, 4) is 23.0 Å². The largest absolute Gasteiger partial charge is 0.663 e. The van der Waals surface area contributed by atoms with E-state index in [1.54, 1.807) is 48.5 Å². The molecule has 1 radical (unpaired) electrons. The molecule has 9 heteroatoms. The Morgan fingerprint density at radius 2 is 0.854 bits per heavy atom. The van der Waals surface area contributed by atoms with Crippen LogP contribution in [0.4, 0.5) is 0 Å². The maximum Gasteiger partial charge on any atom is 0.129 e. The molecule has 4 aromatic rings. The number of hydrogen-bond donors (Lipinski definition) is 0. The van der Waals surface area contributed by atoms with Crippen LogP contribution in [-0.4, -0.2) is 25.0 Å². The van der Waals surface area contributed by atoms with E-state index in [0.717, 1.165) is 11.1 Å². The van der Waals surface area contributed by atoms with Crippen molar-refractivity contribution in [2.45, 2.75) is 13.2 Å². The summed E-state index contributed by atoms with van der Waals surface area (Å²) in [5.41, 5.74) is 16.8. The van der Waals surface area contributed by atoms with Crippen LogP contribution in [0, 0.1) is 0 Å². The maximum absolute atomic E-state index is 11.5. The van der Waals surface area contributed by atoms with Gasteiger partial charge in [-0.05, 0) is 48.6 Å². The molecule has 2 N–H and O–H groups in total. The SMILES string of the molecule is [NH-]C(=O)c1ccccc1OCc1ccccc1OC/C=C\COc1ccccc1COc1ccccc1C([NH-])=O.[Y]. The van der Waals surface area contributed by atoms with Crippen molar-refractivity contribution >= 4 is 11.8 Å². The van der Waals surface area contributed by atoms with Gasteiger partial charge in [0.15, 0.2) is 0 Å². The topological polar surface area (TPSA) is 119 Å². The zero-order chi connectivity index (χ0) is 28.2. The van der Waals surface area contributed by atoms with Gasteiger partial charge in [0.2, 0.25) is 0 Å². The Morgan fingerprint density at radius 1 is 0.512 bits per heavy atom. The molecular weight excluding hydrogens is 597 g/mol. The van der Waals surface area contributed by atoms with E-state index in [0.29, 0.717) is 36.2 Å². The number of amides is 2. The van der Waals surface area contributed by atoms with E-state index >= 15 is 0 Å². The van der Waals surface area contributed by atoms with Gasteiger partial charge in [0.1, 0.15) is 49.4 Å². The summed E-state index contributed by atoms with van der Waals surface area (Å²) in [6.45, 7) is 0.995. The van der Waals surface area contributed by atoms with Gasteiger partial charge in [0, 0.05) is 55.0 Å². The van der Waals surface area contributed by atoms with Crippen molar-refractivity contribution in [2.75, 3.05) is 13.2 Å². The number of carbonyl (C=O) groups is 2. The van der Waals surface area contributed by atoms with Crippen molar-refractivity contribution in [2.24, 2.45) is 0 Å². The first-order valence-electron chi connectivity index (χ1n) is 12.5. The molecule has 41 heavy (non-hydrogen) atoms. The van der Waals surface area contributed by atoms with Gasteiger partial charge in [-0.1, -0.05) is 60.7 Å². The smallest absolute Gasteiger partial charge is 0.129 e. The summed E-state index contributed by atoms with van der Waals surface area (Å²) in [7, 11) is 0. The Kier molecular flexibility index (Phi) is 12.4. The molecule has 0 aliphatic heterocycles. The summed E-state index contributed by atoms with van der Waals surface area (Å²) in [5, 5.41) is 0. The van der Waals surface area contributed by atoms with E-state index in [2.05, 4.69) is 0 Å². The van der Waals surface area contributed by atoms with Crippen LogP contribution in [0.15, 0.2) is 109 Å². The van der Waals surface area contributed by atoms with Gasteiger partial charge in [-0.2, -0.15) is 0 Å². The summed E-state index contributed by atoms with van der Waals surface area (Å²) in [4.78, 5) is 23.1. The zero-order valence-electron chi connectivity index (χ0n) is 22.2. The van der Waals surface area contributed by atoms with E-state index in [1.165, 1.54) is 0 Å². The summed E-state index contributed by atoms with van der Waals surface area (Å²) >= 11 is 0. The molecule has 0 bridgehead atoms. The second-order valence-corrected chi connectivity index (χ2v) is 8.54. The monoisotopic (exact) mass is 625 g/mol. The van der Waals surface area contributed by atoms with Crippen LogP contribution >= 0.6 is 0 Å². The van der Waals surface area contributed by atoms with Gasteiger partial charge in [-0.3, -0.25) is 0 Å². The minimum Gasteiger partial charge on any atom is -0.663 e. The third-order valence-electron chi connectivity index (χ3n) is 5.81. The molecule has 0 aromatic heterocycles. The average Bonchev–Trinajstić information content (AvgIpc) is 2.98. The van der Waals surface area contributed by atoms with Crippen molar-refractivity contribution in [1.29, 1.82) is 0 Å². The molecule has 4 aromatic carbocycles. The minimum absolute atomic E-state index is 0. The zero-order valence-corrected chi connectivity index (χ0v) is 25.1. The average molecular weight is 625 g/mol. The van der Waals surface area contributed by atoms with E-state index in [1.807, 2.05) is 60.7 Å². The number of hydrogen-bond acceptors (Lipinski definition) is 6. The van der Waals surface area contributed by atoms with Crippen LogP contribution in [0.3, 0.4) is 0 Å². The van der Waals surface area contributed by atoms with E-state index in [-0.39, 0.29) is 57.0 Å². The predicted molar refractivity (Wildman–Crippen MR) is 152 cm³/mol. The quantitative estimate of drug-likeness (QED) is 0.136. The first-order valence-corrected chi connectivity index (χ1v) is 12.5. The van der Waals surface area contributed by atoms with Crippen LogP contribution < -0.4 is 18.9 Å². The Morgan fingerprint density at radius 3 is 1.24 bits per heavy atom. The molecule has 207 valence electrons. The Balaban J connectivity index is 0.00000462. The van der Waals surface area contributed by atoms with Gasteiger partial charge < -0.3 is 40.0 Å². The molecule has 8 nitrogen and oxygen atoms in total. The van der Waals surface area contributed by atoms with E-state index < -0.39 is 11.8 Å². The molecule has 0 fully saturated rings. The summed E-state index contributed by atoms with van der Waals surface area (Å²) in [5.74, 6) is 0.416. The second kappa shape index (κ2) is 16.2. The van der Waals surface area contributed by atoms with Crippen molar-refractivity contribution in [3.63, 3.8) is 0 Å². The van der Waals surface area contributed by atoms with Gasteiger partial charge in [0.25, 0.3) is 0 Å². The first-order chi connectivity index (χ1) is 19.5. The van der Waals surface area contributed by atoms with Crippen LogP contribution in [0.2, 0.25) is 0 Å². The van der Waals surface area contributed by atoms with Crippen LogP contribution in [0.1, 0.15) is 31.8 Å². The molecule has 0 saturated heterocycles. The second-order valence-electron chi connectivity index (χ2n) is 8.54. The van der Waals surface area contributed by atoms with Crippen molar-refractivity contribution in [3.05, 3.63) is 143 Å². The number of para-hydroxylation sites is 4. The molecule has 0 heterocycles. The molecule has 4 rings (SSSR count). The molecule has 0 aliphatic carbocycles. The van der Waals surface area contributed by atoms with Gasteiger partial charge in [-0.25, -0.2) is 0 Å². The fraction of sp³-hybridized carbons (Fsp3) is 0.125. The number of benzene rings is 4. The molecule has 0 saturated carbocycles. The Bertz CT molecular complexity index is 1380. The fourth-order valence-corrected chi connectivity index (χ4v) is 3.81.